The first-order chi connectivity index (χ1) is 12.5. The smallest absolute Gasteiger partial charge is 0.239 e. The van der Waals surface area contributed by atoms with E-state index in [1.54, 1.807) is 7.11 Å². The molecule has 2 unspecified atom stereocenters. The van der Waals surface area contributed by atoms with Crippen LogP contribution in [-0.4, -0.2) is 93.4 Å². The highest BCUT2D eigenvalue weighted by Gasteiger charge is 2.33. The number of nitrogens with zero attached hydrogens (tertiary/aromatic N) is 2. The van der Waals surface area contributed by atoms with Gasteiger partial charge in [-0.25, -0.2) is 0 Å². The number of ether oxygens (including phenoxy) is 2. The lowest BCUT2D eigenvalue weighted by molar-refractivity contribution is -0.137. The van der Waals surface area contributed by atoms with Crippen molar-refractivity contribution in [1.82, 2.24) is 15.1 Å². The number of hydrogen-bond donors (Lipinski definition) is 2. The van der Waals surface area contributed by atoms with Gasteiger partial charge >= 0.3 is 0 Å². The van der Waals surface area contributed by atoms with E-state index in [1.807, 2.05) is 11.8 Å². The van der Waals surface area contributed by atoms with Gasteiger partial charge in [0.15, 0.2) is 0 Å². The Kier molecular flexibility index (Phi) is 14.0. The third-order valence-corrected chi connectivity index (χ3v) is 5.44. The lowest BCUT2D eigenvalue weighted by atomic mass is 9.91. The molecular formula is C18H36Cl2N4O4. The molecule has 0 spiro atoms. The van der Waals surface area contributed by atoms with Crippen molar-refractivity contribution in [3.63, 3.8) is 0 Å². The summed E-state index contributed by atoms with van der Waals surface area (Å²) in [5.74, 6) is 0.277. The molecule has 2 aliphatic rings. The summed E-state index contributed by atoms with van der Waals surface area (Å²) in [6, 6.07) is -0.633. The second-order valence-corrected chi connectivity index (χ2v) is 7.15. The van der Waals surface area contributed by atoms with Crippen molar-refractivity contribution in [2.45, 2.75) is 38.3 Å². The highest BCUT2D eigenvalue weighted by Crippen LogP contribution is 2.19. The normalized spacial score (nSPS) is 20.5. The first-order valence-electron chi connectivity index (χ1n) is 9.67. The second-order valence-electron chi connectivity index (χ2n) is 7.15. The van der Waals surface area contributed by atoms with Crippen LogP contribution >= 0.6 is 24.8 Å². The zero-order chi connectivity index (χ0) is 18.9. The van der Waals surface area contributed by atoms with E-state index in [1.165, 1.54) is 0 Å². The maximum atomic E-state index is 12.7. The van der Waals surface area contributed by atoms with E-state index in [9.17, 15) is 9.59 Å². The van der Waals surface area contributed by atoms with Gasteiger partial charge in [0.05, 0.1) is 12.1 Å². The third-order valence-electron chi connectivity index (χ3n) is 5.44. The first kappa shape index (κ1) is 27.4. The van der Waals surface area contributed by atoms with Crippen LogP contribution in [0, 0.1) is 5.92 Å². The molecule has 10 heteroatoms. The number of rotatable bonds is 8. The molecule has 0 aromatic heterocycles. The molecule has 0 saturated carbocycles. The summed E-state index contributed by atoms with van der Waals surface area (Å²) in [5.41, 5.74) is 6.21. The van der Waals surface area contributed by atoms with Gasteiger partial charge < -0.3 is 25.4 Å². The average Bonchev–Trinajstić information content (AvgIpc) is 2.70. The van der Waals surface area contributed by atoms with E-state index in [-0.39, 0.29) is 48.6 Å². The minimum atomic E-state index is -0.438. The van der Waals surface area contributed by atoms with E-state index in [2.05, 4.69) is 10.2 Å². The zero-order valence-electron chi connectivity index (χ0n) is 16.9. The Morgan fingerprint density at radius 3 is 2.36 bits per heavy atom. The summed E-state index contributed by atoms with van der Waals surface area (Å²) in [4.78, 5) is 28.9. The minimum Gasteiger partial charge on any atom is -0.385 e. The van der Waals surface area contributed by atoms with E-state index < -0.39 is 6.04 Å². The quantitative estimate of drug-likeness (QED) is 0.523. The third kappa shape index (κ3) is 8.00. The molecule has 0 bridgehead atoms. The van der Waals surface area contributed by atoms with Gasteiger partial charge in [-0.15, -0.1) is 24.8 Å². The summed E-state index contributed by atoms with van der Waals surface area (Å²) < 4.78 is 10.3. The number of piperazine rings is 1. The molecule has 2 amide bonds. The standard InChI is InChI=1S/C18H34N4O4.2ClH/c1-14(17(23)20-6-3-11-25-2)21-7-9-22(10-8-21)18(24)16(19)15-4-12-26-13-5-15;;/h14-16H,3-13,19H2,1-2H3,(H,20,23);2*1H. The highest BCUT2D eigenvalue weighted by molar-refractivity contribution is 5.85. The van der Waals surface area contributed by atoms with Crippen molar-refractivity contribution in [2.24, 2.45) is 11.7 Å². The van der Waals surface area contributed by atoms with Gasteiger partial charge in [0.1, 0.15) is 0 Å². The van der Waals surface area contributed by atoms with E-state index >= 15 is 0 Å². The molecule has 0 aromatic carbocycles. The van der Waals surface area contributed by atoms with Crippen LogP contribution in [0.3, 0.4) is 0 Å². The topological polar surface area (TPSA) is 97.1 Å². The van der Waals surface area contributed by atoms with Crippen LogP contribution in [0.15, 0.2) is 0 Å². The summed E-state index contributed by atoms with van der Waals surface area (Å²) >= 11 is 0. The summed E-state index contributed by atoms with van der Waals surface area (Å²) in [6.45, 7) is 7.19. The Bertz CT molecular complexity index is 459. The van der Waals surface area contributed by atoms with Crippen molar-refractivity contribution in [1.29, 1.82) is 0 Å². The van der Waals surface area contributed by atoms with Gasteiger partial charge in [-0.2, -0.15) is 0 Å². The van der Waals surface area contributed by atoms with Crippen LogP contribution in [-0.2, 0) is 19.1 Å². The van der Waals surface area contributed by atoms with Crippen LogP contribution < -0.4 is 11.1 Å². The molecule has 0 aliphatic carbocycles. The number of carbonyl (C=O) groups is 2. The van der Waals surface area contributed by atoms with Crippen LogP contribution in [0.4, 0.5) is 0 Å². The lowest BCUT2D eigenvalue weighted by Crippen LogP contribution is -2.58. The predicted octanol–water partition coefficient (Wildman–Crippen LogP) is 0.269. The van der Waals surface area contributed by atoms with Crippen molar-refractivity contribution in [3.05, 3.63) is 0 Å². The number of nitrogens with one attached hydrogen (secondary N) is 1. The van der Waals surface area contributed by atoms with Crippen LogP contribution in [0.25, 0.3) is 0 Å². The Balaban J connectivity index is 0.00000364. The molecule has 2 fully saturated rings. The molecule has 28 heavy (non-hydrogen) atoms. The lowest BCUT2D eigenvalue weighted by Gasteiger charge is -2.39. The fraction of sp³-hybridized carbons (Fsp3) is 0.889. The van der Waals surface area contributed by atoms with Crippen molar-refractivity contribution < 1.29 is 19.1 Å². The van der Waals surface area contributed by atoms with Gasteiger partial charge in [-0.3, -0.25) is 14.5 Å². The maximum absolute atomic E-state index is 12.7. The molecule has 0 aromatic rings. The van der Waals surface area contributed by atoms with Crippen molar-refractivity contribution in [2.75, 3.05) is 59.7 Å². The average molecular weight is 443 g/mol. The molecule has 3 N–H and O–H groups in total. The molecule has 2 atom stereocenters. The molecular weight excluding hydrogens is 407 g/mol. The highest BCUT2D eigenvalue weighted by atomic mass is 35.5. The van der Waals surface area contributed by atoms with Crippen LogP contribution in [0.1, 0.15) is 26.2 Å². The number of hydrogen-bond acceptors (Lipinski definition) is 6. The fourth-order valence-electron chi connectivity index (χ4n) is 3.56. The number of carbonyl (C=O) groups excluding carboxylic acids is 2. The van der Waals surface area contributed by atoms with Gasteiger partial charge in [0.2, 0.25) is 11.8 Å². The molecule has 166 valence electrons. The molecule has 2 heterocycles. The van der Waals surface area contributed by atoms with Gasteiger partial charge in [0, 0.05) is 59.7 Å². The summed E-state index contributed by atoms with van der Waals surface area (Å²) in [5, 5.41) is 2.94. The number of halogens is 2. The molecule has 2 aliphatic heterocycles. The van der Waals surface area contributed by atoms with Crippen LogP contribution in [0.5, 0.6) is 0 Å². The van der Waals surface area contributed by atoms with E-state index in [4.69, 9.17) is 15.2 Å². The zero-order valence-corrected chi connectivity index (χ0v) is 18.6. The molecule has 2 saturated heterocycles. The SMILES string of the molecule is COCCCNC(=O)C(C)N1CCN(C(=O)C(N)C2CCOCC2)CC1.Cl.Cl. The Labute approximate surface area is 180 Å². The first-order valence-corrected chi connectivity index (χ1v) is 9.67. The van der Waals surface area contributed by atoms with Gasteiger partial charge in [0.25, 0.3) is 0 Å². The Hall–Kier alpha value is -0.640. The maximum Gasteiger partial charge on any atom is 0.239 e. The van der Waals surface area contributed by atoms with Crippen molar-refractivity contribution >= 4 is 36.6 Å². The monoisotopic (exact) mass is 442 g/mol. The van der Waals surface area contributed by atoms with Crippen LogP contribution in [0.2, 0.25) is 0 Å². The van der Waals surface area contributed by atoms with Gasteiger partial charge in [-0.1, -0.05) is 0 Å². The Morgan fingerprint density at radius 1 is 1.18 bits per heavy atom. The number of nitrogens with two attached hydrogens (primary N) is 1. The predicted molar refractivity (Wildman–Crippen MR) is 113 cm³/mol. The fourth-order valence-corrected chi connectivity index (χ4v) is 3.56. The summed E-state index contributed by atoms with van der Waals surface area (Å²) in [6.07, 6.45) is 2.52. The largest absolute Gasteiger partial charge is 0.385 e. The van der Waals surface area contributed by atoms with Gasteiger partial charge in [-0.05, 0) is 32.1 Å². The second kappa shape index (κ2) is 14.4. The van der Waals surface area contributed by atoms with E-state index in [0.29, 0.717) is 52.5 Å². The molecule has 8 nitrogen and oxygen atoms in total. The molecule has 2 rings (SSSR count). The summed E-state index contributed by atoms with van der Waals surface area (Å²) in [7, 11) is 1.65. The Morgan fingerprint density at radius 2 is 1.79 bits per heavy atom. The minimum absolute atomic E-state index is 0. The van der Waals surface area contributed by atoms with Crippen molar-refractivity contribution in [3.8, 4) is 0 Å². The molecule has 0 radical (unpaired) electrons. The van der Waals surface area contributed by atoms with E-state index in [0.717, 1.165) is 19.3 Å². The number of amides is 2. The number of methoxy groups -OCH3 is 1.